The van der Waals surface area contributed by atoms with Crippen molar-refractivity contribution in [1.29, 1.82) is 0 Å². The fraction of sp³-hybridized carbons (Fsp3) is 0.412. The topological polar surface area (TPSA) is 49.0 Å². The van der Waals surface area contributed by atoms with Gasteiger partial charge in [-0.05, 0) is 25.5 Å². The summed E-state index contributed by atoms with van der Waals surface area (Å²) in [6, 6.07) is 3.74. The van der Waals surface area contributed by atoms with Gasteiger partial charge in [-0.2, -0.15) is 0 Å². The van der Waals surface area contributed by atoms with Gasteiger partial charge < -0.3 is 4.90 Å². The molecule has 0 radical (unpaired) electrons. The molecule has 0 spiro atoms. The third-order valence-electron chi connectivity index (χ3n) is 3.94. The Morgan fingerprint density at radius 2 is 1.91 bits per heavy atom. The fourth-order valence-electron chi connectivity index (χ4n) is 2.64. The minimum absolute atomic E-state index is 0.0715. The highest BCUT2D eigenvalue weighted by atomic mass is 19.1. The highest BCUT2D eigenvalue weighted by Crippen LogP contribution is 2.29. The number of hydrogen-bond acceptors (Lipinski definition) is 3. The van der Waals surface area contributed by atoms with Crippen LogP contribution >= 0.6 is 0 Å². The van der Waals surface area contributed by atoms with Gasteiger partial charge in [0.1, 0.15) is 11.6 Å². The van der Waals surface area contributed by atoms with Crippen LogP contribution < -0.4 is 10.5 Å². The molecule has 2 aromatic rings. The van der Waals surface area contributed by atoms with Crippen molar-refractivity contribution in [3.63, 3.8) is 0 Å². The number of halogens is 2. The van der Waals surface area contributed by atoms with E-state index in [2.05, 4.69) is 9.97 Å². The highest BCUT2D eigenvalue weighted by molar-refractivity contribution is 5.38. The first kappa shape index (κ1) is 17.1. The van der Waals surface area contributed by atoms with Crippen LogP contribution in [-0.2, 0) is 0 Å². The van der Waals surface area contributed by atoms with Gasteiger partial charge in [-0.3, -0.25) is 9.78 Å². The summed E-state index contributed by atoms with van der Waals surface area (Å²) < 4.78 is 28.1. The van der Waals surface area contributed by atoms with Crippen molar-refractivity contribution in [3.8, 4) is 0 Å². The number of aromatic amines is 1. The molecular formula is C17H21F2N3O. The van der Waals surface area contributed by atoms with Gasteiger partial charge in [0.2, 0.25) is 5.95 Å². The van der Waals surface area contributed by atoms with E-state index in [0.29, 0.717) is 23.8 Å². The second kappa shape index (κ2) is 6.89. The average Bonchev–Trinajstić information content (AvgIpc) is 2.49. The van der Waals surface area contributed by atoms with Crippen LogP contribution in [0.3, 0.4) is 0 Å². The van der Waals surface area contributed by atoms with Crippen LogP contribution in [0.4, 0.5) is 14.7 Å². The molecular weight excluding hydrogens is 300 g/mol. The fourth-order valence-corrected chi connectivity index (χ4v) is 2.64. The number of anilines is 1. The van der Waals surface area contributed by atoms with Gasteiger partial charge in [-0.15, -0.1) is 0 Å². The van der Waals surface area contributed by atoms with E-state index in [4.69, 9.17) is 0 Å². The molecule has 2 rings (SSSR count). The minimum atomic E-state index is -0.660. The van der Waals surface area contributed by atoms with Crippen molar-refractivity contribution >= 4 is 5.95 Å². The Kier molecular flexibility index (Phi) is 5.13. The lowest BCUT2D eigenvalue weighted by molar-refractivity contribution is 0.544. The molecule has 0 amide bonds. The number of benzene rings is 1. The van der Waals surface area contributed by atoms with Crippen LogP contribution in [0.25, 0.3) is 0 Å². The Morgan fingerprint density at radius 1 is 1.30 bits per heavy atom. The van der Waals surface area contributed by atoms with Gasteiger partial charge in [0.15, 0.2) is 0 Å². The van der Waals surface area contributed by atoms with Gasteiger partial charge in [0, 0.05) is 30.6 Å². The number of hydrogen-bond donors (Lipinski definition) is 1. The Labute approximate surface area is 134 Å². The maximum atomic E-state index is 14.0. The molecule has 0 saturated heterocycles. The standard InChI is InChI=1S/C17H21F2N3O/c1-5-9-22(4)17-20-15(11(3)16(23)21-17)10(2)14-12(18)7-6-8-13(14)19/h6-8,10H,5,9H2,1-4H3,(H,20,21,23). The number of H-pyrrole nitrogens is 1. The minimum Gasteiger partial charge on any atom is -0.345 e. The molecule has 4 nitrogen and oxygen atoms in total. The summed E-state index contributed by atoms with van der Waals surface area (Å²) in [5, 5.41) is 0. The number of aromatic nitrogens is 2. The highest BCUT2D eigenvalue weighted by Gasteiger charge is 2.22. The number of nitrogens with zero attached hydrogens (tertiary/aromatic N) is 2. The monoisotopic (exact) mass is 321 g/mol. The largest absolute Gasteiger partial charge is 0.345 e. The zero-order valence-electron chi connectivity index (χ0n) is 13.8. The lowest BCUT2D eigenvalue weighted by Crippen LogP contribution is -2.27. The predicted molar refractivity (Wildman–Crippen MR) is 87.0 cm³/mol. The van der Waals surface area contributed by atoms with E-state index in [9.17, 15) is 13.6 Å². The second-order valence-corrected chi connectivity index (χ2v) is 5.68. The summed E-state index contributed by atoms with van der Waals surface area (Å²) in [4.78, 5) is 21.1. The van der Waals surface area contributed by atoms with Crippen molar-refractivity contribution in [2.24, 2.45) is 0 Å². The van der Waals surface area contributed by atoms with Crippen molar-refractivity contribution < 1.29 is 8.78 Å². The third kappa shape index (κ3) is 3.41. The first-order valence-corrected chi connectivity index (χ1v) is 7.62. The molecule has 0 fully saturated rings. The lowest BCUT2D eigenvalue weighted by Gasteiger charge is -2.20. The molecule has 0 saturated carbocycles. The van der Waals surface area contributed by atoms with E-state index in [0.717, 1.165) is 6.42 Å². The molecule has 1 aromatic heterocycles. The third-order valence-corrected chi connectivity index (χ3v) is 3.94. The number of nitrogens with one attached hydrogen (secondary N) is 1. The van der Waals surface area contributed by atoms with Crippen LogP contribution in [-0.4, -0.2) is 23.6 Å². The normalized spacial score (nSPS) is 12.3. The molecule has 0 bridgehead atoms. The molecule has 1 heterocycles. The quantitative estimate of drug-likeness (QED) is 0.919. The average molecular weight is 321 g/mol. The zero-order chi connectivity index (χ0) is 17.1. The van der Waals surface area contributed by atoms with E-state index < -0.39 is 17.6 Å². The smallest absolute Gasteiger partial charge is 0.255 e. The van der Waals surface area contributed by atoms with Gasteiger partial charge in [-0.25, -0.2) is 13.8 Å². The van der Waals surface area contributed by atoms with Crippen LogP contribution in [0, 0.1) is 18.6 Å². The summed E-state index contributed by atoms with van der Waals surface area (Å²) in [5.74, 6) is -1.53. The maximum Gasteiger partial charge on any atom is 0.255 e. The van der Waals surface area contributed by atoms with Crippen molar-refractivity contribution in [1.82, 2.24) is 9.97 Å². The molecule has 0 aliphatic rings. The maximum absolute atomic E-state index is 14.0. The first-order chi connectivity index (χ1) is 10.9. The molecule has 1 N–H and O–H groups in total. The summed E-state index contributed by atoms with van der Waals surface area (Å²) in [6.45, 7) is 5.99. The van der Waals surface area contributed by atoms with Crippen LogP contribution in [0.15, 0.2) is 23.0 Å². The van der Waals surface area contributed by atoms with Crippen molar-refractivity contribution in [3.05, 3.63) is 57.0 Å². The molecule has 124 valence electrons. The first-order valence-electron chi connectivity index (χ1n) is 7.62. The van der Waals surface area contributed by atoms with E-state index in [1.807, 2.05) is 18.9 Å². The van der Waals surface area contributed by atoms with E-state index in [1.54, 1.807) is 13.8 Å². The number of rotatable bonds is 5. The zero-order valence-corrected chi connectivity index (χ0v) is 13.8. The Morgan fingerprint density at radius 3 is 2.48 bits per heavy atom. The van der Waals surface area contributed by atoms with Gasteiger partial charge in [-0.1, -0.05) is 19.9 Å². The Balaban J connectivity index is 2.56. The Bertz CT molecular complexity index is 738. The molecule has 6 heteroatoms. The second-order valence-electron chi connectivity index (χ2n) is 5.68. The van der Waals surface area contributed by atoms with Gasteiger partial charge >= 0.3 is 0 Å². The van der Waals surface area contributed by atoms with E-state index >= 15 is 0 Å². The molecule has 1 atom stereocenters. The SMILES string of the molecule is CCCN(C)c1nc(C(C)c2c(F)cccc2F)c(C)c(=O)[nH]1. The summed E-state index contributed by atoms with van der Waals surface area (Å²) in [5.41, 5.74) is 0.388. The summed E-state index contributed by atoms with van der Waals surface area (Å²) in [6.07, 6.45) is 0.890. The van der Waals surface area contributed by atoms with E-state index in [-0.39, 0.29) is 11.1 Å². The molecule has 1 unspecified atom stereocenters. The molecule has 1 aromatic carbocycles. The predicted octanol–water partition coefficient (Wildman–Crippen LogP) is 3.35. The van der Waals surface area contributed by atoms with Crippen LogP contribution in [0.1, 0.15) is 43.0 Å². The van der Waals surface area contributed by atoms with Crippen molar-refractivity contribution in [2.45, 2.75) is 33.1 Å². The summed E-state index contributed by atoms with van der Waals surface area (Å²) in [7, 11) is 1.81. The molecule has 0 aliphatic heterocycles. The lowest BCUT2D eigenvalue weighted by atomic mass is 9.94. The Hall–Kier alpha value is -2.24. The van der Waals surface area contributed by atoms with Crippen LogP contribution in [0.2, 0.25) is 0 Å². The van der Waals surface area contributed by atoms with E-state index in [1.165, 1.54) is 18.2 Å². The van der Waals surface area contributed by atoms with Gasteiger partial charge in [0.25, 0.3) is 5.56 Å². The van der Waals surface area contributed by atoms with Gasteiger partial charge in [0.05, 0.1) is 5.69 Å². The molecule has 23 heavy (non-hydrogen) atoms. The van der Waals surface area contributed by atoms with Crippen LogP contribution in [0.5, 0.6) is 0 Å². The molecule has 0 aliphatic carbocycles. The van der Waals surface area contributed by atoms with Crippen molar-refractivity contribution in [2.75, 3.05) is 18.5 Å². The summed E-state index contributed by atoms with van der Waals surface area (Å²) >= 11 is 0.